The Balaban J connectivity index is 1.11. The van der Waals surface area contributed by atoms with Gasteiger partial charge in [-0.2, -0.15) is 0 Å². The van der Waals surface area contributed by atoms with Crippen LogP contribution in [0.3, 0.4) is 0 Å². The highest BCUT2D eigenvalue weighted by Gasteiger charge is 2.17. The molecular formula is C54H36N2. The zero-order valence-electron chi connectivity index (χ0n) is 30.7. The van der Waals surface area contributed by atoms with Gasteiger partial charge in [-0.1, -0.05) is 200 Å². The van der Waals surface area contributed by atoms with E-state index in [1.54, 1.807) is 0 Å². The van der Waals surface area contributed by atoms with Gasteiger partial charge in [0.2, 0.25) is 0 Å². The summed E-state index contributed by atoms with van der Waals surface area (Å²) in [6.07, 6.45) is 0. The van der Waals surface area contributed by atoms with Gasteiger partial charge in [0.05, 0.1) is 11.2 Å². The smallest absolute Gasteiger partial charge is 0.160 e. The summed E-state index contributed by atoms with van der Waals surface area (Å²) in [5, 5.41) is 3.30. The Morgan fingerprint density at radius 3 is 1.21 bits per heavy atom. The Bertz CT molecular complexity index is 2970. The number of hydrogen-bond acceptors (Lipinski definition) is 2. The maximum Gasteiger partial charge on any atom is 0.160 e. The first-order chi connectivity index (χ1) is 27.7. The molecule has 10 rings (SSSR count). The van der Waals surface area contributed by atoms with E-state index in [0.29, 0.717) is 5.82 Å². The minimum absolute atomic E-state index is 0.700. The first kappa shape index (κ1) is 33.2. The molecule has 1 aromatic heterocycles. The van der Waals surface area contributed by atoms with Crippen LogP contribution in [0, 0.1) is 0 Å². The average molecular weight is 713 g/mol. The maximum absolute atomic E-state index is 5.39. The summed E-state index contributed by atoms with van der Waals surface area (Å²) >= 11 is 0. The fraction of sp³-hybridized carbons (Fsp3) is 0. The third kappa shape index (κ3) is 6.34. The Morgan fingerprint density at radius 1 is 0.232 bits per heavy atom. The molecule has 0 aliphatic heterocycles. The van der Waals surface area contributed by atoms with E-state index >= 15 is 0 Å². The van der Waals surface area contributed by atoms with Crippen molar-refractivity contribution < 1.29 is 0 Å². The lowest BCUT2D eigenvalue weighted by molar-refractivity contribution is 1.23. The minimum Gasteiger partial charge on any atom is -0.227 e. The van der Waals surface area contributed by atoms with Gasteiger partial charge in [-0.05, 0) is 79.2 Å². The summed E-state index contributed by atoms with van der Waals surface area (Å²) in [6.45, 7) is 0. The summed E-state index contributed by atoms with van der Waals surface area (Å²) in [7, 11) is 0. The van der Waals surface area contributed by atoms with Gasteiger partial charge in [0.15, 0.2) is 5.82 Å². The van der Waals surface area contributed by atoms with Crippen molar-refractivity contribution in [3.05, 3.63) is 218 Å². The molecule has 10 aromatic rings. The lowest BCUT2D eigenvalue weighted by Crippen LogP contribution is -1.97. The molecule has 0 saturated heterocycles. The topological polar surface area (TPSA) is 25.8 Å². The molecule has 9 aromatic carbocycles. The minimum atomic E-state index is 0.700. The molecule has 0 radical (unpaired) electrons. The van der Waals surface area contributed by atoms with Crippen molar-refractivity contribution in [2.24, 2.45) is 0 Å². The largest absolute Gasteiger partial charge is 0.227 e. The second-order valence-corrected chi connectivity index (χ2v) is 14.2. The van der Waals surface area contributed by atoms with Gasteiger partial charge in [0, 0.05) is 21.9 Å². The van der Waals surface area contributed by atoms with Gasteiger partial charge in [-0.15, -0.1) is 0 Å². The van der Waals surface area contributed by atoms with Crippen molar-refractivity contribution in [3.8, 4) is 78.3 Å². The van der Waals surface area contributed by atoms with Gasteiger partial charge < -0.3 is 0 Å². The maximum atomic E-state index is 5.39. The molecule has 0 spiro atoms. The number of benzene rings is 9. The summed E-state index contributed by atoms with van der Waals surface area (Å²) in [5.41, 5.74) is 15.6. The van der Waals surface area contributed by atoms with Crippen molar-refractivity contribution in [2.75, 3.05) is 0 Å². The summed E-state index contributed by atoms with van der Waals surface area (Å²) < 4.78 is 0. The molecule has 56 heavy (non-hydrogen) atoms. The number of fused-ring (bicyclic) bond motifs is 3. The third-order valence-corrected chi connectivity index (χ3v) is 10.7. The van der Waals surface area contributed by atoms with Crippen LogP contribution in [0.2, 0.25) is 0 Å². The molecule has 0 saturated carbocycles. The predicted octanol–water partition coefficient (Wildman–Crippen LogP) is 14.5. The molecule has 0 unspecified atom stereocenters. The Kier molecular flexibility index (Phi) is 8.55. The van der Waals surface area contributed by atoms with Crippen molar-refractivity contribution in [3.63, 3.8) is 0 Å². The molecule has 0 aliphatic carbocycles. The van der Waals surface area contributed by atoms with Crippen LogP contribution in [0.4, 0.5) is 0 Å². The Hall–Kier alpha value is -7.42. The molecule has 0 amide bonds. The van der Waals surface area contributed by atoms with Crippen molar-refractivity contribution in [2.45, 2.75) is 0 Å². The first-order valence-corrected chi connectivity index (χ1v) is 19.1. The SMILES string of the molecule is c1ccc(-c2ccc(-c3cccc(-c4nc(-c5cccc(-c6ccc(-c7ccccc7)cc6)c5)c5ccc6c(-c7ccccc7)cccc6c5n4)c3)cc2)cc1. The number of aromatic nitrogens is 2. The molecule has 2 nitrogen and oxygen atoms in total. The van der Waals surface area contributed by atoms with Crippen molar-refractivity contribution in [1.82, 2.24) is 9.97 Å². The lowest BCUT2D eigenvalue weighted by atomic mass is 9.94. The fourth-order valence-corrected chi connectivity index (χ4v) is 7.82. The van der Waals surface area contributed by atoms with Crippen LogP contribution in [0.5, 0.6) is 0 Å². The van der Waals surface area contributed by atoms with Crippen LogP contribution in [-0.4, -0.2) is 9.97 Å². The van der Waals surface area contributed by atoms with Crippen LogP contribution in [0.15, 0.2) is 218 Å². The molecule has 0 bridgehead atoms. The van der Waals surface area contributed by atoms with E-state index in [2.05, 4.69) is 218 Å². The van der Waals surface area contributed by atoms with Crippen molar-refractivity contribution in [1.29, 1.82) is 0 Å². The zero-order valence-corrected chi connectivity index (χ0v) is 30.7. The van der Waals surface area contributed by atoms with E-state index in [1.807, 2.05) is 0 Å². The van der Waals surface area contributed by atoms with Gasteiger partial charge in [0.1, 0.15) is 0 Å². The van der Waals surface area contributed by atoms with Crippen LogP contribution in [0.1, 0.15) is 0 Å². The molecule has 2 heteroatoms. The highest BCUT2D eigenvalue weighted by Crippen LogP contribution is 2.38. The molecular weight excluding hydrogens is 677 g/mol. The first-order valence-electron chi connectivity index (χ1n) is 19.1. The van der Waals surface area contributed by atoms with E-state index in [0.717, 1.165) is 55.4 Å². The quantitative estimate of drug-likeness (QED) is 0.154. The molecule has 0 aliphatic rings. The van der Waals surface area contributed by atoms with E-state index in [9.17, 15) is 0 Å². The Morgan fingerprint density at radius 2 is 0.643 bits per heavy atom. The highest BCUT2D eigenvalue weighted by atomic mass is 14.9. The van der Waals surface area contributed by atoms with Gasteiger partial charge >= 0.3 is 0 Å². The monoisotopic (exact) mass is 712 g/mol. The van der Waals surface area contributed by atoms with E-state index in [4.69, 9.17) is 9.97 Å². The number of nitrogens with zero attached hydrogens (tertiary/aromatic N) is 2. The van der Waals surface area contributed by atoms with E-state index in [-0.39, 0.29) is 0 Å². The molecule has 262 valence electrons. The number of hydrogen-bond donors (Lipinski definition) is 0. The summed E-state index contributed by atoms with van der Waals surface area (Å²) in [4.78, 5) is 10.8. The zero-order chi connectivity index (χ0) is 37.3. The lowest BCUT2D eigenvalue weighted by Gasteiger charge is -2.15. The summed E-state index contributed by atoms with van der Waals surface area (Å²) in [6, 6.07) is 77.6. The Labute approximate surface area is 327 Å². The molecule has 0 N–H and O–H groups in total. The second-order valence-electron chi connectivity index (χ2n) is 14.2. The van der Waals surface area contributed by atoms with Crippen LogP contribution in [-0.2, 0) is 0 Å². The van der Waals surface area contributed by atoms with Crippen LogP contribution in [0.25, 0.3) is 100.0 Å². The van der Waals surface area contributed by atoms with Crippen LogP contribution >= 0.6 is 0 Å². The standard InChI is InChI=1S/C54H36N2/c1-4-13-37(14-5-1)39-25-29-41(30-26-39)44-19-10-21-46(35-44)52-51-34-33-49-48(43-17-8-3-9-18-43)23-12-24-50(49)53(51)56-54(55-52)47-22-11-20-45(36-47)42-31-27-40(28-32-42)38-15-6-2-7-16-38/h1-36H. The molecule has 0 fully saturated rings. The molecule has 0 atom stereocenters. The van der Waals surface area contributed by atoms with Gasteiger partial charge in [0.25, 0.3) is 0 Å². The summed E-state index contributed by atoms with van der Waals surface area (Å²) in [5.74, 6) is 0.700. The molecule has 1 heterocycles. The predicted molar refractivity (Wildman–Crippen MR) is 235 cm³/mol. The average Bonchev–Trinajstić information content (AvgIpc) is 3.29. The van der Waals surface area contributed by atoms with E-state index in [1.165, 1.54) is 38.8 Å². The van der Waals surface area contributed by atoms with Crippen molar-refractivity contribution >= 4 is 21.7 Å². The fourth-order valence-electron chi connectivity index (χ4n) is 7.82. The van der Waals surface area contributed by atoms with Gasteiger partial charge in [-0.3, -0.25) is 0 Å². The number of rotatable bonds is 7. The van der Waals surface area contributed by atoms with Gasteiger partial charge in [-0.25, -0.2) is 9.97 Å². The van der Waals surface area contributed by atoms with E-state index < -0.39 is 0 Å². The third-order valence-electron chi connectivity index (χ3n) is 10.7. The normalized spacial score (nSPS) is 11.2. The van der Waals surface area contributed by atoms with Crippen LogP contribution < -0.4 is 0 Å². The second kappa shape index (κ2) is 14.4. The highest BCUT2D eigenvalue weighted by molar-refractivity contribution is 6.13.